The summed E-state index contributed by atoms with van der Waals surface area (Å²) in [7, 11) is 0. The van der Waals surface area contributed by atoms with Crippen LogP contribution in [0.2, 0.25) is 0 Å². The molecule has 0 N–H and O–H groups in total. The number of rotatable bonds is 10. The molecule has 0 unspecified atom stereocenters. The Hall–Kier alpha value is -4.30. The van der Waals surface area contributed by atoms with Crippen LogP contribution in [0.5, 0.6) is 11.5 Å². The highest BCUT2D eigenvalue weighted by atomic mass is 16.5. The van der Waals surface area contributed by atoms with E-state index in [0.29, 0.717) is 19.1 Å². The molecule has 190 valence electrons. The smallest absolute Gasteiger partial charge is 0.123 e. The monoisotopic (exact) mass is 498 g/mol. The first-order valence-electron chi connectivity index (χ1n) is 13.3. The van der Waals surface area contributed by atoms with Gasteiger partial charge in [0.25, 0.3) is 0 Å². The van der Waals surface area contributed by atoms with E-state index in [9.17, 15) is 0 Å². The van der Waals surface area contributed by atoms with Crippen molar-refractivity contribution < 1.29 is 9.47 Å². The molecular formula is C36H34O2. The molecule has 2 heteroatoms. The Morgan fingerprint density at radius 1 is 0.500 bits per heavy atom. The molecule has 0 aliphatic carbocycles. The van der Waals surface area contributed by atoms with Crippen LogP contribution in [-0.4, -0.2) is 0 Å². The van der Waals surface area contributed by atoms with E-state index in [-0.39, 0.29) is 0 Å². The Morgan fingerprint density at radius 3 is 1.76 bits per heavy atom. The van der Waals surface area contributed by atoms with Crippen LogP contribution >= 0.6 is 0 Å². The lowest BCUT2D eigenvalue weighted by molar-refractivity contribution is 0.302. The Morgan fingerprint density at radius 2 is 1.05 bits per heavy atom. The summed E-state index contributed by atoms with van der Waals surface area (Å²) in [5.41, 5.74) is 8.24. The maximum atomic E-state index is 6.24. The van der Waals surface area contributed by atoms with Crippen LogP contribution < -0.4 is 9.47 Å². The van der Waals surface area contributed by atoms with Gasteiger partial charge in [-0.05, 0) is 81.6 Å². The second-order valence-electron chi connectivity index (χ2n) is 10.1. The highest BCUT2D eigenvalue weighted by Crippen LogP contribution is 2.27. The molecule has 0 aliphatic rings. The summed E-state index contributed by atoms with van der Waals surface area (Å²) in [4.78, 5) is 0. The predicted octanol–water partition coefficient (Wildman–Crippen LogP) is 9.38. The molecule has 0 bridgehead atoms. The molecule has 2 nitrogen and oxygen atoms in total. The van der Waals surface area contributed by atoms with Crippen LogP contribution in [0.4, 0.5) is 0 Å². The third kappa shape index (κ3) is 6.72. The van der Waals surface area contributed by atoms with Crippen LogP contribution in [0.1, 0.15) is 30.5 Å². The van der Waals surface area contributed by atoms with E-state index in [1.54, 1.807) is 0 Å². The maximum absolute atomic E-state index is 6.24. The van der Waals surface area contributed by atoms with Gasteiger partial charge in [0.05, 0.1) is 0 Å². The first-order chi connectivity index (χ1) is 18.6. The number of para-hydroxylation sites is 1. The van der Waals surface area contributed by atoms with Crippen molar-refractivity contribution in [2.75, 3.05) is 0 Å². The van der Waals surface area contributed by atoms with Crippen LogP contribution in [0.3, 0.4) is 0 Å². The summed E-state index contributed by atoms with van der Waals surface area (Å²) < 4.78 is 12.4. The lowest BCUT2D eigenvalue weighted by atomic mass is 10.0. The number of ether oxygens (including phenoxy) is 2. The molecule has 5 rings (SSSR count). The molecular weight excluding hydrogens is 464 g/mol. The molecule has 0 spiro atoms. The van der Waals surface area contributed by atoms with E-state index < -0.39 is 0 Å². The molecule has 0 aromatic heterocycles. The topological polar surface area (TPSA) is 18.5 Å². The normalized spacial score (nSPS) is 10.9. The number of benzene rings is 5. The first kappa shape index (κ1) is 25.4. The molecule has 0 heterocycles. The summed E-state index contributed by atoms with van der Waals surface area (Å²) in [5, 5.41) is 0. The summed E-state index contributed by atoms with van der Waals surface area (Å²) in [6, 6.07) is 44.2. The van der Waals surface area contributed by atoms with Crippen LogP contribution in [0, 0.1) is 5.92 Å². The van der Waals surface area contributed by atoms with Gasteiger partial charge in [-0.3, -0.25) is 0 Å². The van der Waals surface area contributed by atoms with Crippen molar-refractivity contribution in [2.24, 2.45) is 5.92 Å². The van der Waals surface area contributed by atoms with Gasteiger partial charge in [0.2, 0.25) is 0 Å². The highest BCUT2D eigenvalue weighted by Gasteiger charge is 2.07. The van der Waals surface area contributed by atoms with Crippen molar-refractivity contribution in [1.82, 2.24) is 0 Å². The van der Waals surface area contributed by atoms with E-state index >= 15 is 0 Å². The van der Waals surface area contributed by atoms with Crippen LogP contribution in [0.25, 0.3) is 22.3 Å². The molecule has 0 saturated carbocycles. The highest BCUT2D eigenvalue weighted by molar-refractivity contribution is 5.66. The fourth-order valence-electron chi connectivity index (χ4n) is 4.66. The van der Waals surface area contributed by atoms with Crippen molar-refractivity contribution in [3.8, 4) is 33.8 Å². The second kappa shape index (κ2) is 12.3. The van der Waals surface area contributed by atoms with E-state index in [1.165, 1.54) is 16.7 Å². The average molecular weight is 499 g/mol. The van der Waals surface area contributed by atoms with E-state index in [0.717, 1.165) is 40.2 Å². The Labute approximate surface area is 226 Å². The zero-order chi connectivity index (χ0) is 26.2. The van der Waals surface area contributed by atoms with Crippen LogP contribution in [-0.2, 0) is 19.6 Å². The number of hydrogen-bond acceptors (Lipinski definition) is 2. The Bertz CT molecular complexity index is 1470. The van der Waals surface area contributed by atoms with Crippen molar-refractivity contribution in [2.45, 2.75) is 33.5 Å². The first-order valence-corrected chi connectivity index (χ1v) is 13.3. The minimum atomic E-state index is 0.522. The zero-order valence-electron chi connectivity index (χ0n) is 22.1. The third-order valence-corrected chi connectivity index (χ3v) is 6.53. The SMILES string of the molecule is CC(C)Cc1ccccc1OCc1cccc(-c2cccc(OCc3cccc(-c4ccccc4)c3)c2)c1. The van der Waals surface area contributed by atoms with Gasteiger partial charge in [0.1, 0.15) is 24.7 Å². The lowest BCUT2D eigenvalue weighted by Crippen LogP contribution is -2.01. The minimum Gasteiger partial charge on any atom is -0.489 e. The summed E-state index contributed by atoms with van der Waals surface area (Å²) in [6.45, 7) is 5.53. The Balaban J connectivity index is 1.25. The van der Waals surface area contributed by atoms with Crippen molar-refractivity contribution in [3.63, 3.8) is 0 Å². The maximum Gasteiger partial charge on any atom is 0.123 e. The van der Waals surface area contributed by atoms with Crippen molar-refractivity contribution >= 4 is 0 Å². The van der Waals surface area contributed by atoms with Crippen LogP contribution in [0.15, 0.2) is 127 Å². The number of hydrogen-bond donors (Lipinski definition) is 0. The molecule has 5 aromatic carbocycles. The summed E-state index contributed by atoms with van der Waals surface area (Å²) in [6.07, 6.45) is 1.01. The predicted molar refractivity (Wildman–Crippen MR) is 157 cm³/mol. The molecule has 0 saturated heterocycles. The largest absolute Gasteiger partial charge is 0.489 e. The molecule has 5 aromatic rings. The molecule has 0 aliphatic heterocycles. The molecule has 0 amide bonds. The van der Waals surface area contributed by atoms with E-state index in [1.807, 2.05) is 18.2 Å². The Kier molecular flexibility index (Phi) is 8.20. The second-order valence-corrected chi connectivity index (χ2v) is 10.1. The van der Waals surface area contributed by atoms with Crippen molar-refractivity contribution in [3.05, 3.63) is 144 Å². The standard InChI is InChI=1S/C36H34O2/c1-27(2)21-34-15-6-7-20-36(34)38-26-29-12-9-17-32(23-29)33-18-10-19-35(24-33)37-25-28-11-8-16-31(22-28)30-13-4-3-5-14-30/h3-20,22-24,27H,21,25-26H2,1-2H3. The van der Waals surface area contributed by atoms with Gasteiger partial charge < -0.3 is 9.47 Å². The van der Waals surface area contributed by atoms with Gasteiger partial charge >= 0.3 is 0 Å². The molecule has 0 radical (unpaired) electrons. The van der Waals surface area contributed by atoms with Gasteiger partial charge in [-0.25, -0.2) is 0 Å². The molecule has 0 fully saturated rings. The van der Waals surface area contributed by atoms with E-state index in [2.05, 4.69) is 123 Å². The van der Waals surface area contributed by atoms with E-state index in [4.69, 9.17) is 9.47 Å². The average Bonchev–Trinajstić information content (AvgIpc) is 2.96. The van der Waals surface area contributed by atoms with Gasteiger partial charge in [-0.2, -0.15) is 0 Å². The fraction of sp³-hybridized carbons (Fsp3) is 0.167. The molecule has 0 atom stereocenters. The summed E-state index contributed by atoms with van der Waals surface area (Å²) in [5.74, 6) is 2.42. The van der Waals surface area contributed by atoms with Gasteiger partial charge in [0.15, 0.2) is 0 Å². The van der Waals surface area contributed by atoms with Gasteiger partial charge in [-0.1, -0.05) is 111 Å². The van der Waals surface area contributed by atoms with Gasteiger partial charge in [0, 0.05) is 0 Å². The van der Waals surface area contributed by atoms with Crippen molar-refractivity contribution in [1.29, 1.82) is 0 Å². The third-order valence-electron chi connectivity index (χ3n) is 6.53. The quantitative estimate of drug-likeness (QED) is 0.191. The lowest BCUT2D eigenvalue weighted by Gasteiger charge is -2.14. The van der Waals surface area contributed by atoms with Gasteiger partial charge in [-0.15, -0.1) is 0 Å². The fourth-order valence-corrected chi connectivity index (χ4v) is 4.66. The minimum absolute atomic E-state index is 0.522. The zero-order valence-corrected chi connectivity index (χ0v) is 22.1. The molecule has 38 heavy (non-hydrogen) atoms. The summed E-state index contributed by atoms with van der Waals surface area (Å²) >= 11 is 0.